The fourth-order valence-corrected chi connectivity index (χ4v) is 7.87. The largest absolute Gasteiger partial charge is 0.115 e. The van der Waals surface area contributed by atoms with E-state index in [1.807, 2.05) is 0 Å². The molecule has 0 saturated heterocycles. The van der Waals surface area contributed by atoms with Crippen molar-refractivity contribution >= 4 is 23.2 Å². The fraction of sp³-hybridized carbons (Fsp3) is 0.0714. The summed E-state index contributed by atoms with van der Waals surface area (Å²) in [5.74, 6) is 0. The lowest BCUT2D eigenvalue weighted by Crippen LogP contribution is -2.32. The molecule has 4 rings (SSSR count). The van der Waals surface area contributed by atoms with Crippen molar-refractivity contribution in [2.75, 3.05) is 6.16 Å². The summed E-state index contributed by atoms with van der Waals surface area (Å²) in [7, 11) is -1.78. The summed E-state index contributed by atoms with van der Waals surface area (Å²) in [6.07, 6.45) is 17.6. The minimum Gasteiger partial charge on any atom is -0.0801 e. The Kier molecular flexibility index (Phi) is 6.35. The van der Waals surface area contributed by atoms with Crippen molar-refractivity contribution in [2.24, 2.45) is 0 Å². The maximum Gasteiger partial charge on any atom is 0.115 e. The quantitative estimate of drug-likeness (QED) is 0.452. The normalized spacial score (nSPS) is 13.7. The summed E-state index contributed by atoms with van der Waals surface area (Å²) in [5, 5.41) is 4.27. The minimum absolute atomic E-state index is 1.00. The number of hydrogen-bond donors (Lipinski definition) is 0. The Hall–Kier alpha value is -2.95. The second kappa shape index (κ2) is 9.50. The monoisotopic (exact) mass is 393 g/mol. The molecular formula is C28H26P+. The number of benzene rings is 3. The molecule has 3 aromatic rings. The van der Waals surface area contributed by atoms with Crippen LogP contribution in [0.3, 0.4) is 0 Å². The molecular weight excluding hydrogens is 367 g/mol. The van der Waals surface area contributed by atoms with Gasteiger partial charge in [0, 0.05) is 0 Å². The van der Waals surface area contributed by atoms with E-state index in [1.54, 1.807) is 0 Å². The van der Waals surface area contributed by atoms with Crippen LogP contribution in [0.15, 0.2) is 139 Å². The second-order valence-electron chi connectivity index (χ2n) is 7.13. The van der Waals surface area contributed by atoms with Gasteiger partial charge in [-0.25, -0.2) is 0 Å². The Morgan fingerprint density at radius 3 is 1.52 bits per heavy atom. The van der Waals surface area contributed by atoms with Crippen LogP contribution in [-0.4, -0.2) is 6.16 Å². The first-order valence-corrected chi connectivity index (χ1v) is 12.1. The molecule has 0 heterocycles. The number of hydrogen-bond acceptors (Lipinski definition) is 0. The van der Waals surface area contributed by atoms with Crippen molar-refractivity contribution in [3.05, 3.63) is 139 Å². The zero-order chi connectivity index (χ0) is 19.8. The number of allylic oxidation sites excluding steroid dienone is 8. The van der Waals surface area contributed by atoms with Crippen molar-refractivity contribution in [3.8, 4) is 0 Å². The highest BCUT2D eigenvalue weighted by atomic mass is 31.2. The van der Waals surface area contributed by atoms with Gasteiger partial charge in [-0.2, -0.15) is 0 Å². The number of rotatable bonds is 6. The van der Waals surface area contributed by atoms with E-state index in [4.69, 9.17) is 0 Å². The summed E-state index contributed by atoms with van der Waals surface area (Å²) >= 11 is 0. The molecule has 0 amide bonds. The SMILES string of the molecule is C1=CC(=C/C=C\C[P+](c2ccccc2)(c2ccccc2)c2ccccc2)C=CC1. The Labute approximate surface area is 175 Å². The molecule has 29 heavy (non-hydrogen) atoms. The van der Waals surface area contributed by atoms with Gasteiger partial charge in [0.15, 0.2) is 0 Å². The van der Waals surface area contributed by atoms with E-state index in [-0.39, 0.29) is 0 Å². The average Bonchev–Trinajstić information content (AvgIpc) is 2.82. The third-order valence-electron chi connectivity index (χ3n) is 5.29. The lowest BCUT2D eigenvalue weighted by molar-refractivity contribution is 1.34. The standard InChI is InChI=1S/C28H26P/c1-5-15-25(16-6-1)17-13-14-24-29(26-18-7-2-8-19-26,27-20-9-3-10-21-27)28-22-11-4-12-23-28/h2-23H,1,24H2/q+1/b14-13-. The molecule has 0 nitrogen and oxygen atoms in total. The van der Waals surface area contributed by atoms with Gasteiger partial charge >= 0.3 is 0 Å². The van der Waals surface area contributed by atoms with E-state index >= 15 is 0 Å². The first-order chi connectivity index (χ1) is 14.4. The van der Waals surface area contributed by atoms with Crippen molar-refractivity contribution in [1.82, 2.24) is 0 Å². The van der Waals surface area contributed by atoms with Gasteiger partial charge in [0.1, 0.15) is 23.2 Å². The molecule has 1 aliphatic rings. The van der Waals surface area contributed by atoms with E-state index in [1.165, 1.54) is 21.5 Å². The minimum atomic E-state index is -1.78. The maximum atomic E-state index is 2.35. The molecule has 142 valence electrons. The maximum absolute atomic E-state index is 2.35. The lowest BCUT2D eigenvalue weighted by atomic mass is 10.1. The van der Waals surface area contributed by atoms with Crippen LogP contribution in [0.1, 0.15) is 6.42 Å². The van der Waals surface area contributed by atoms with Crippen molar-refractivity contribution in [1.29, 1.82) is 0 Å². The highest BCUT2D eigenvalue weighted by Gasteiger charge is 2.43. The van der Waals surface area contributed by atoms with Crippen LogP contribution in [0.4, 0.5) is 0 Å². The summed E-state index contributed by atoms with van der Waals surface area (Å²) < 4.78 is 0. The first-order valence-electron chi connectivity index (χ1n) is 10.1. The van der Waals surface area contributed by atoms with E-state index in [0.29, 0.717) is 0 Å². The average molecular weight is 393 g/mol. The van der Waals surface area contributed by atoms with Crippen molar-refractivity contribution < 1.29 is 0 Å². The summed E-state index contributed by atoms with van der Waals surface area (Å²) in [5.41, 5.74) is 1.26. The Morgan fingerprint density at radius 1 is 0.621 bits per heavy atom. The van der Waals surface area contributed by atoms with Crippen LogP contribution in [-0.2, 0) is 0 Å². The molecule has 0 spiro atoms. The highest BCUT2D eigenvalue weighted by Crippen LogP contribution is 2.55. The Bertz CT molecular complexity index is 915. The molecule has 0 bridgehead atoms. The Morgan fingerprint density at radius 2 is 1.07 bits per heavy atom. The zero-order valence-electron chi connectivity index (χ0n) is 16.6. The third kappa shape index (κ3) is 4.39. The van der Waals surface area contributed by atoms with Gasteiger partial charge in [-0.3, -0.25) is 0 Å². The predicted octanol–water partition coefficient (Wildman–Crippen LogP) is 5.98. The van der Waals surface area contributed by atoms with Crippen LogP contribution in [0.25, 0.3) is 0 Å². The molecule has 0 aliphatic heterocycles. The van der Waals surface area contributed by atoms with E-state index in [0.717, 1.165) is 12.6 Å². The summed E-state index contributed by atoms with van der Waals surface area (Å²) in [6.45, 7) is 0. The molecule has 0 unspecified atom stereocenters. The van der Waals surface area contributed by atoms with Gasteiger partial charge in [-0.05, 0) is 54.5 Å². The van der Waals surface area contributed by atoms with Gasteiger partial charge < -0.3 is 0 Å². The molecule has 0 radical (unpaired) electrons. The van der Waals surface area contributed by atoms with Crippen molar-refractivity contribution in [2.45, 2.75) is 6.42 Å². The fourth-order valence-electron chi connectivity index (χ4n) is 3.86. The molecule has 0 atom stereocenters. The smallest absolute Gasteiger partial charge is 0.0801 e. The van der Waals surface area contributed by atoms with Crippen LogP contribution in [0.2, 0.25) is 0 Å². The molecule has 0 fully saturated rings. The van der Waals surface area contributed by atoms with E-state index < -0.39 is 7.26 Å². The second-order valence-corrected chi connectivity index (χ2v) is 10.7. The van der Waals surface area contributed by atoms with E-state index in [9.17, 15) is 0 Å². The predicted molar refractivity (Wildman–Crippen MR) is 130 cm³/mol. The first kappa shape index (κ1) is 19.4. The summed E-state index contributed by atoms with van der Waals surface area (Å²) in [4.78, 5) is 0. The lowest BCUT2D eigenvalue weighted by Gasteiger charge is -2.26. The van der Waals surface area contributed by atoms with Gasteiger partial charge in [0.05, 0.1) is 6.16 Å². The van der Waals surface area contributed by atoms with Gasteiger partial charge in [-0.15, -0.1) is 0 Å². The highest BCUT2D eigenvalue weighted by molar-refractivity contribution is 7.95. The van der Waals surface area contributed by atoms with Gasteiger partial charge in [0.2, 0.25) is 0 Å². The van der Waals surface area contributed by atoms with Gasteiger partial charge in [0.25, 0.3) is 0 Å². The molecule has 0 saturated carbocycles. The molecule has 1 aliphatic carbocycles. The molecule has 1 heteroatoms. The van der Waals surface area contributed by atoms with Crippen LogP contribution in [0.5, 0.6) is 0 Å². The Balaban J connectivity index is 1.80. The summed E-state index contributed by atoms with van der Waals surface area (Å²) in [6, 6.07) is 33.1. The van der Waals surface area contributed by atoms with Crippen LogP contribution >= 0.6 is 7.26 Å². The van der Waals surface area contributed by atoms with Crippen molar-refractivity contribution in [3.63, 3.8) is 0 Å². The topological polar surface area (TPSA) is 0 Å². The third-order valence-corrected chi connectivity index (χ3v) is 9.59. The zero-order valence-corrected chi connectivity index (χ0v) is 17.5. The van der Waals surface area contributed by atoms with Gasteiger partial charge in [-0.1, -0.05) is 91.1 Å². The van der Waals surface area contributed by atoms with Crippen LogP contribution in [0, 0.1) is 0 Å². The van der Waals surface area contributed by atoms with Crippen LogP contribution < -0.4 is 15.9 Å². The van der Waals surface area contributed by atoms with E-state index in [2.05, 4.69) is 134 Å². The molecule has 3 aromatic carbocycles. The molecule has 0 aromatic heterocycles. The molecule has 0 N–H and O–H groups in total.